The lowest BCUT2D eigenvalue weighted by Gasteiger charge is -2.17. The van der Waals surface area contributed by atoms with Crippen molar-refractivity contribution in [2.45, 2.75) is 12.5 Å². The second-order valence-electron chi connectivity index (χ2n) is 5.84. The fourth-order valence-electron chi connectivity index (χ4n) is 3.30. The summed E-state index contributed by atoms with van der Waals surface area (Å²) in [4.78, 5) is 2.49. The third-order valence-electron chi connectivity index (χ3n) is 4.34. The molecule has 1 saturated heterocycles. The highest BCUT2D eigenvalue weighted by molar-refractivity contribution is 6.30. The number of nitrogens with two attached hydrogens (primary N) is 1. The van der Waals surface area contributed by atoms with E-state index in [1.807, 2.05) is 12.1 Å². The number of halogens is 2. The van der Waals surface area contributed by atoms with Crippen molar-refractivity contribution in [2.24, 2.45) is 11.7 Å². The summed E-state index contributed by atoms with van der Waals surface area (Å²) in [5.74, 6) is 1.07. The summed E-state index contributed by atoms with van der Waals surface area (Å²) in [6.45, 7) is 3.81. The minimum absolute atomic E-state index is 0. The summed E-state index contributed by atoms with van der Waals surface area (Å²) >= 11 is 6.07. The minimum atomic E-state index is 0. The Morgan fingerprint density at radius 2 is 1.82 bits per heavy atom. The SMILES string of the molecule is Cl.NC[C@@H]1CN(Cc2cccc(Cl)c2)C[C@H]1c1ccccc1. The molecule has 0 aromatic heterocycles. The highest BCUT2D eigenvalue weighted by atomic mass is 35.5. The first kappa shape index (κ1) is 17.3. The molecule has 4 heteroatoms. The molecular formula is C18H22Cl2N2. The van der Waals surface area contributed by atoms with Crippen LogP contribution in [-0.4, -0.2) is 24.5 Å². The van der Waals surface area contributed by atoms with Gasteiger partial charge in [-0.05, 0) is 35.7 Å². The van der Waals surface area contributed by atoms with Gasteiger partial charge in [-0.15, -0.1) is 12.4 Å². The zero-order valence-corrected chi connectivity index (χ0v) is 14.1. The molecule has 1 heterocycles. The topological polar surface area (TPSA) is 29.3 Å². The highest BCUT2D eigenvalue weighted by Gasteiger charge is 2.32. The van der Waals surface area contributed by atoms with Crippen LogP contribution in [0.2, 0.25) is 5.02 Å². The second kappa shape index (κ2) is 7.98. The second-order valence-corrected chi connectivity index (χ2v) is 6.27. The van der Waals surface area contributed by atoms with E-state index in [2.05, 4.69) is 47.4 Å². The summed E-state index contributed by atoms with van der Waals surface area (Å²) in [6, 6.07) is 18.9. The molecule has 1 aliphatic rings. The number of hydrogen-bond donors (Lipinski definition) is 1. The van der Waals surface area contributed by atoms with Crippen molar-refractivity contribution in [3.63, 3.8) is 0 Å². The van der Waals surface area contributed by atoms with Gasteiger partial charge in [0.1, 0.15) is 0 Å². The molecule has 3 rings (SSSR count). The summed E-state index contributed by atoms with van der Waals surface area (Å²) in [5, 5.41) is 0.807. The van der Waals surface area contributed by atoms with Gasteiger partial charge in [0.05, 0.1) is 0 Å². The summed E-state index contributed by atoms with van der Waals surface area (Å²) in [6.07, 6.45) is 0. The van der Waals surface area contributed by atoms with Crippen LogP contribution < -0.4 is 5.73 Å². The average Bonchev–Trinajstić information content (AvgIpc) is 2.91. The molecule has 22 heavy (non-hydrogen) atoms. The number of rotatable bonds is 4. The first-order valence-corrected chi connectivity index (χ1v) is 7.86. The summed E-state index contributed by atoms with van der Waals surface area (Å²) < 4.78 is 0. The Morgan fingerprint density at radius 1 is 1.05 bits per heavy atom. The van der Waals surface area contributed by atoms with E-state index in [0.29, 0.717) is 11.8 Å². The van der Waals surface area contributed by atoms with Gasteiger partial charge in [0.25, 0.3) is 0 Å². The van der Waals surface area contributed by atoms with Gasteiger partial charge in [-0.2, -0.15) is 0 Å². The van der Waals surface area contributed by atoms with E-state index >= 15 is 0 Å². The van der Waals surface area contributed by atoms with E-state index in [9.17, 15) is 0 Å². The molecule has 1 fully saturated rings. The van der Waals surface area contributed by atoms with E-state index in [1.165, 1.54) is 11.1 Å². The predicted molar refractivity (Wildman–Crippen MR) is 95.7 cm³/mol. The lowest BCUT2D eigenvalue weighted by atomic mass is 9.89. The van der Waals surface area contributed by atoms with Gasteiger partial charge in [-0.1, -0.05) is 54.1 Å². The Kier molecular flexibility index (Phi) is 6.27. The van der Waals surface area contributed by atoms with Crippen molar-refractivity contribution in [2.75, 3.05) is 19.6 Å². The van der Waals surface area contributed by atoms with Crippen molar-refractivity contribution in [3.8, 4) is 0 Å². The molecule has 0 aliphatic carbocycles. The Bertz CT molecular complexity index is 589. The minimum Gasteiger partial charge on any atom is -0.330 e. The van der Waals surface area contributed by atoms with E-state index in [0.717, 1.165) is 31.2 Å². The molecule has 2 N–H and O–H groups in total. The van der Waals surface area contributed by atoms with Gasteiger partial charge in [0, 0.05) is 30.6 Å². The van der Waals surface area contributed by atoms with Crippen LogP contribution in [0.25, 0.3) is 0 Å². The number of benzene rings is 2. The van der Waals surface area contributed by atoms with Gasteiger partial charge < -0.3 is 5.73 Å². The van der Waals surface area contributed by atoms with Crippen LogP contribution in [0, 0.1) is 5.92 Å². The van der Waals surface area contributed by atoms with Crippen LogP contribution in [0.5, 0.6) is 0 Å². The molecule has 2 atom stereocenters. The molecule has 0 saturated carbocycles. The number of nitrogens with zero attached hydrogens (tertiary/aromatic N) is 1. The fraction of sp³-hybridized carbons (Fsp3) is 0.333. The van der Waals surface area contributed by atoms with Crippen LogP contribution in [0.15, 0.2) is 54.6 Å². The van der Waals surface area contributed by atoms with Crippen LogP contribution >= 0.6 is 24.0 Å². The lowest BCUT2D eigenvalue weighted by molar-refractivity contribution is 0.317. The molecule has 2 aromatic rings. The Hall–Kier alpha value is -1.06. The smallest absolute Gasteiger partial charge is 0.0409 e. The Labute approximate surface area is 143 Å². The van der Waals surface area contributed by atoms with Gasteiger partial charge in [0.15, 0.2) is 0 Å². The standard InChI is InChI=1S/C18H21ClN2.ClH/c19-17-8-4-5-14(9-17)11-21-12-16(10-20)18(13-21)15-6-2-1-3-7-15;/h1-9,16,18H,10-13,20H2;1H/t16-,18+;/m1./s1. The maximum atomic E-state index is 6.07. The quantitative estimate of drug-likeness (QED) is 0.916. The molecule has 1 aliphatic heterocycles. The van der Waals surface area contributed by atoms with E-state index < -0.39 is 0 Å². The molecule has 2 aromatic carbocycles. The molecule has 118 valence electrons. The molecule has 0 radical (unpaired) electrons. The van der Waals surface area contributed by atoms with Gasteiger partial charge in [0.2, 0.25) is 0 Å². The van der Waals surface area contributed by atoms with Crippen LogP contribution in [-0.2, 0) is 6.54 Å². The molecule has 0 spiro atoms. The summed E-state index contributed by atoms with van der Waals surface area (Å²) in [5.41, 5.74) is 8.67. The van der Waals surface area contributed by atoms with Crippen LogP contribution in [0.3, 0.4) is 0 Å². The molecule has 0 amide bonds. The van der Waals surface area contributed by atoms with Crippen molar-refractivity contribution in [1.29, 1.82) is 0 Å². The van der Waals surface area contributed by atoms with Gasteiger partial charge in [-0.25, -0.2) is 0 Å². The van der Waals surface area contributed by atoms with Crippen molar-refractivity contribution < 1.29 is 0 Å². The first-order valence-electron chi connectivity index (χ1n) is 7.48. The average molecular weight is 337 g/mol. The Balaban J connectivity index is 0.00000176. The third-order valence-corrected chi connectivity index (χ3v) is 4.58. The monoisotopic (exact) mass is 336 g/mol. The largest absolute Gasteiger partial charge is 0.330 e. The molecular weight excluding hydrogens is 315 g/mol. The van der Waals surface area contributed by atoms with E-state index in [4.69, 9.17) is 17.3 Å². The van der Waals surface area contributed by atoms with Crippen LogP contribution in [0.1, 0.15) is 17.0 Å². The van der Waals surface area contributed by atoms with Crippen LogP contribution in [0.4, 0.5) is 0 Å². The van der Waals surface area contributed by atoms with E-state index in [1.54, 1.807) is 0 Å². The molecule has 0 unspecified atom stereocenters. The zero-order chi connectivity index (χ0) is 14.7. The van der Waals surface area contributed by atoms with E-state index in [-0.39, 0.29) is 12.4 Å². The zero-order valence-electron chi connectivity index (χ0n) is 12.5. The molecule has 0 bridgehead atoms. The predicted octanol–water partition coefficient (Wildman–Crippen LogP) is 3.94. The van der Waals surface area contributed by atoms with Gasteiger partial charge in [-0.3, -0.25) is 4.90 Å². The fourth-order valence-corrected chi connectivity index (χ4v) is 3.51. The third kappa shape index (κ3) is 4.02. The highest BCUT2D eigenvalue weighted by Crippen LogP contribution is 2.32. The molecule has 2 nitrogen and oxygen atoms in total. The lowest BCUT2D eigenvalue weighted by Crippen LogP contribution is -2.23. The maximum Gasteiger partial charge on any atom is 0.0409 e. The Morgan fingerprint density at radius 3 is 2.50 bits per heavy atom. The normalized spacial score (nSPS) is 21.5. The number of hydrogen-bond acceptors (Lipinski definition) is 2. The van der Waals surface area contributed by atoms with Crippen molar-refractivity contribution in [1.82, 2.24) is 4.90 Å². The number of likely N-dealkylation sites (tertiary alicyclic amines) is 1. The van der Waals surface area contributed by atoms with Crippen molar-refractivity contribution >= 4 is 24.0 Å². The summed E-state index contributed by atoms with van der Waals surface area (Å²) in [7, 11) is 0. The first-order chi connectivity index (χ1) is 10.3. The maximum absolute atomic E-state index is 6.07. The van der Waals surface area contributed by atoms with Crippen molar-refractivity contribution in [3.05, 3.63) is 70.7 Å². The van der Waals surface area contributed by atoms with Gasteiger partial charge >= 0.3 is 0 Å².